The van der Waals surface area contributed by atoms with Crippen LogP contribution in [0.15, 0.2) is 18.3 Å². The second-order valence-electron chi connectivity index (χ2n) is 2.02. The van der Waals surface area contributed by atoms with Crippen LogP contribution in [0.1, 0.15) is 6.42 Å². The Morgan fingerprint density at radius 2 is 2.36 bits per heavy atom. The quantitative estimate of drug-likeness (QED) is 0.650. The van der Waals surface area contributed by atoms with Crippen molar-refractivity contribution in [3.05, 3.63) is 30.4 Å². The van der Waals surface area contributed by atoms with Gasteiger partial charge >= 0.3 is 0 Å². The third kappa shape index (κ3) is 2.76. The summed E-state index contributed by atoms with van der Waals surface area (Å²) < 4.78 is 5.23. The fourth-order valence-electron chi connectivity index (χ4n) is 0.638. The van der Waals surface area contributed by atoms with Gasteiger partial charge in [0.15, 0.2) is 0 Å². The molecule has 0 N–H and O–H groups in total. The predicted molar refractivity (Wildman–Crippen MR) is 44.7 cm³/mol. The molecule has 0 amide bonds. The third-order valence-corrected chi connectivity index (χ3v) is 1.34. The van der Waals surface area contributed by atoms with Gasteiger partial charge in [-0.1, -0.05) is 11.6 Å². The molecule has 0 aromatic carbocycles. The van der Waals surface area contributed by atoms with Gasteiger partial charge in [0.05, 0.1) is 12.8 Å². The van der Waals surface area contributed by atoms with Gasteiger partial charge in [0.1, 0.15) is 10.9 Å². The lowest BCUT2D eigenvalue weighted by atomic mass is 10.4. The summed E-state index contributed by atoms with van der Waals surface area (Å²) >= 11 is 5.57. The Labute approximate surface area is 71.2 Å². The van der Waals surface area contributed by atoms with E-state index in [2.05, 4.69) is 11.9 Å². The standard InChI is InChI=1S/C8H9ClNO/c1-2-5-11-7-3-4-8(9)10-6-7/h3-4,6H,1-2,5H2. The van der Waals surface area contributed by atoms with Crippen molar-refractivity contribution in [2.24, 2.45) is 0 Å². The van der Waals surface area contributed by atoms with Gasteiger partial charge in [0, 0.05) is 0 Å². The summed E-state index contributed by atoms with van der Waals surface area (Å²) in [4.78, 5) is 3.85. The van der Waals surface area contributed by atoms with E-state index in [1.807, 2.05) is 0 Å². The maximum Gasteiger partial charge on any atom is 0.137 e. The van der Waals surface area contributed by atoms with Gasteiger partial charge in [-0.3, -0.25) is 0 Å². The molecular formula is C8H9ClNO. The van der Waals surface area contributed by atoms with Crippen molar-refractivity contribution in [1.82, 2.24) is 4.98 Å². The van der Waals surface area contributed by atoms with Crippen LogP contribution in [0.25, 0.3) is 0 Å². The van der Waals surface area contributed by atoms with Crippen LogP contribution in [-0.2, 0) is 0 Å². The minimum Gasteiger partial charge on any atom is -0.492 e. The monoisotopic (exact) mass is 170 g/mol. The van der Waals surface area contributed by atoms with Crippen molar-refractivity contribution in [2.45, 2.75) is 6.42 Å². The van der Waals surface area contributed by atoms with Crippen molar-refractivity contribution in [2.75, 3.05) is 6.61 Å². The molecule has 0 atom stereocenters. The van der Waals surface area contributed by atoms with E-state index >= 15 is 0 Å². The molecule has 0 fully saturated rings. The van der Waals surface area contributed by atoms with E-state index in [0.29, 0.717) is 11.8 Å². The number of halogens is 1. The van der Waals surface area contributed by atoms with E-state index in [4.69, 9.17) is 16.3 Å². The Kier molecular flexibility index (Phi) is 3.17. The normalized spacial score (nSPS) is 9.64. The first-order valence-electron chi connectivity index (χ1n) is 3.36. The average molecular weight is 171 g/mol. The number of aromatic nitrogens is 1. The van der Waals surface area contributed by atoms with Crippen LogP contribution < -0.4 is 4.74 Å². The Bertz CT molecular complexity index is 210. The Morgan fingerprint density at radius 1 is 1.55 bits per heavy atom. The highest BCUT2D eigenvalue weighted by molar-refractivity contribution is 6.29. The van der Waals surface area contributed by atoms with Crippen LogP contribution >= 0.6 is 11.6 Å². The molecule has 1 rings (SSSR count). The molecule has 1 heterocycles. The first-order valence-corrected chi connectivity index (χ1v) is 3.74. The number of hydrogen-bond donors (Lipinski definition) is 0. The number of ether oxygens (including phenoxy) is 1. The van der Waals surface area contributed by atoms with Crippen molar-refractivity contribution in [3.63, 3.8) is 0 Å². The summed E-state index contributed by atoms with van der Waals surface area (Å²) in [5, 5.41) is 0.479. The summed E-state index contributed by atoms with van der Waals surface area (Å²) in [7, 11) is 0. The summed E-state index contributed by atoms with van der Waals surface area (Å²) in [6.45, 7) is 4.26. The molecule has 0 aliphatic rings. The molecule has 0 aliphatic heterocycles. The molecule has 0 saturated heterocycles. The molecule has 0 bridgehead atoms. The topological polar surface area (TPSA) is 22.1 Å². The highest BCUT2D eigenvalue weighted by Crippen LogP contribution is 2.11. The summed E-state index contributed by atoms with van der Waals surface area (Å²) in [6.07, 6.45) is 2.35. The number of pyridine rings is 1. The number of nitrogens with zero attached hydrogens (tertiary/aromatic N) is 1. The molecule has 1 aromatic rings. The minimum absolute atomic E-state index is 0.479. The second kappa shape index (κ2) is 4.19. The average Bonchev–Trinajstić information content (AvgIpc) is 2.04. The zero-order chi connectivity index (χ0) is 8.10. The van der Waals surface area contributed by atoms with Crippen LogP contribution in [0, 0.1) is 6.92 Å². The minimum atomic E-state index is 0.479. The molecule has 2 nitrogen and oxygen atoms in total. The van der Waals surface area contributed by atoms with Gasteiger partial charge in [0.2, 0.25) is 0 Å². The van der Waals surface area contributed by atoms with Gasteiger partial charge in [-0.2, -0.15) is 0 Å². The van der Waals surface area contributed by atoms with Gasteiger partial charge in [0.25, 0.3) is 0 Å². The zero-order valence-corrected chi connectivity index (χ0v) is 6.84. The molecule has 11 heavy (non-hydrogen) atoms. The molecule has 0 saturated carbocycles. The molecule has 1 radical (unpaired) electrons. The molecule has 3 heteroatoms. The van der Waals surface area contributed by atoms with E-state index in [1.54, 1.807) is 18.3 Å². The lowest BCUT2D eigenvalue weighted by molar-refractivity contribution is 0.323. The zero-order valence-electron chi connectivity index (χ0n) is 6.09. The first kappa shape index (κ1) is 8.34. The van der Waals surface area contributed by atoms with Crippen molar-refractivity contribution < 1.29 is 4.74 Å². The highest BCUT2D eigenvalue weighted by atomic mass is 35.5. The highest BCUT2D eigenvalue weighted by Gasteiger charge is 1.92. The van der Waals surface area contributed by atoms with Gasteiger partial charge in [-0.15, -0.1) is 0 Å². The molecule has 0 spiro atoms. The van der Waals surface area contributed by atoms with Crippen LogP contribution in [0.3, 0.4) is 0 Å². The molecular weight excluding hydrogens is 162 g/mol. The van der Waals surface area contributed by atoms with Crippen LogP contribution in [0.5, 0.6) is 5.75 Å². The Hall–Kier alpha value is -0.760. The Morgan fingerprint density at radius 3 is 2.91 bits per heavy atom. The maximum absolute atomic E-state index is 5.57. The summed E-state index contributed by atoms with van der Waals surface area (Å²) in [5.74, 6) is 0.734. The number of rotatable bonds is 3. The second-order valence-corrected chi connectivity index (χ2v) is 2.41. The van der Waals surface area contributed by atoms with Crippen LogP contribution in [-0.4, -0.2) is 11.6 Å². The van der Waals surface area contributed by atoms with Gasteiger partial charge < -0.3 is 4.74 Å². The van der Waals surface area contributed by atoms with E-state index in [0.717, 1.165) is 12.2 Å². The van der Waals surface area contributed by atoms with Crippen molar-refractivity contribution in [1.29, 1.82) is 0 Å². The van der Waals surface area contributed by atoms with Crippen LogP contribution in [0.2, 0.25) is 5.15 Å². The van der Waals surface area contributed by atoms with E-state index in [1.165, 1.54) is 0 Å². The summed E-state index contributed by atoms with van der Waals surface area (Å²) in [6, 6.07) is 3.48. The largest absolute Gasteiger partial charge is 0.492 e. The molecule has 1 aromatic heterocycles. The number of hydrogen-bond acceptors (Lipinski definition) is 2. The predicted octanol–water partition coefficient (Wildman–Crippen LogP) is 2.34. The van der Waals surface area contributed by atoms with Gasteiger partial charge in [-0.05, 0) is 25.5 Å². The van der Waals surface area contributed by atoms with Gasteiger partial charge in [-0.25, -0.2) is 4.98 Å². The fourth-order valence-corrected chi connectivity index (χ4v) is 0.749. The van der Waals surface area contributed by atoms with E-state index < -0.39 is 0 Å². The molecule has 59 valence electrons. The fraction of sp³-hybridized carbons (Fsp3) is 0.250. The SMILES string of the molecule is [CH2]CCOc1ccc(Cl)nc1. The van der Waals surface area contributed by atoms with Crippen molar-refractivity contribution in [3.8, 4) is 5.75 Å². The maximum atomic E-state index is 5.57. The summed E-state index contributed by atoms with van der Waals surface area (Å²) in [5.41, 5.74) is 0. The Balaban J connectivity index is 2.52. The third-order valence-electron chi connectivity index (χ3n) is 1.11. The molecule has 0 unspecified atom stereocenters. The smallest absolute Gasteiger partial charge is 0.137 e. The lowest BCUT2D eigenvalue weighted by Crippen LogP contribution is -1.94. The molecule has 0 aliphatic carbocycles. The van der Waals surface area contributed by atoms with E-state index in [9.17, 15) is 0 Å². The van der Waals surface area contributed by atoms with Crippen LogP contribution in [0.4, 0.5) is 0 Å². The first-order chi connectivity index (χ1) is 5.33. The lowest BCUT2D eigenvalue weighted by Gasteiger charge is -2.01. The van der Waals surface area contributed by atoms with Crippen molar-refractivity contribution >= 4 is 11.6 Å². The van der Waals surface area contributed by atoms with E-state index in [-0.39, 0.29) is 0 Å².